The molecule has 0 saturated heterocycles. The SMILES string of the molecule is C=O.CCCCC1(C(C)C)C=CC=CC1. The second kappa shape index (κ2) is 7.44. The first-order chi connectivity index (χ1) is 7.21. The number of rotatable bonds is 4. The van der Waals surface area contributed by atoms with Crippen LogP contribution in [0.15, 0.2) is 24.3 Å². The molecule has 1 rings (SSSR count). The Morgan fingerprint density at radius 3 is 2.40 bits per heavy atom. The summed E-state index contributed by atoms with van der Waals surface area (Å²) in [7, 11) is 0. The van der Waals surface area contributed by atoms with E-state index in [0.717, 1.165) is 5.92 Å². The summed E-state index contributed by atoms with van der Waals surface area (Å²) >= 11 is 0. The van der Waals surface area contributed by atoms with Gasteiger partial charge in [0.15, 0.2) is 0 Å². The summed E-state index contributed by atoms with van der Waals surface area (Å²) in [6, 6.07) is 0. The van der Waals surface area contributed by atoms with E-state index in [1.54, 1.807) is 0 Å². The van der Waals surface area contributed by atoms with E-state index in [4.69, 9.17) is 4.79 Å². The van der Waals surface area contributed by atoms with Crippen LogP contribution in [-0.2, 0) is 4.79 Å². The third-order valence-electron chi connectivity index (χ3n) is 3.32. The highest BCUT2D eigenvalue weighted by Gasteiger charge is 2.29. The molecule has 0 bridgehead atoms. The molecule has 1 unspecified atom stereocenters. The highest BCUT2D eigenvalue weighted by atomic mass is 16.1. The lowest BCUT2D eigenvalue weighted by Crippen LogP contribution is -2.25. The maximum Gasteiger partial charge on any atom is 0.106 e. The molecular formula is C14H24O. The maximum absolute atomic E-state index is 8.00. The molecule has 0 heterocycles. The summed E-state index contributed by atoms with van der Waals surface area (Å²) in [5.74, 6) is 0.764. The van der Waals surface area contributed by atoms with Crippen molar-refractivity contribution in [3.63, 3.8) is 0 Å². The molecule has 0 amide bonds. The minimum absolute atomic E-state index is 0.463. The van der Waals surface area contributed by atoms with Crippen LogP contribution in [0.1, 0.15) is 46.5 Å². The molecule has 0 aromatic rings. The highest BCUT2D eigenvalue weighted by molar-refractivity contribution is 5.17. The van der Waals surface area contributed by atoms with E-state index in [9.17, 15) is 0 Å². The van der Waals surface area contributed by atoms with Gasteiger partial charge < -0.3 is 4.79 Å². The lowest BCUT2D eigenvalue weighted by Gasteiger charge is -2.35. The lowest BCUT2D eigenvalue weighted by atomic mass is 9.69. The van der Waals surface area contributed by atoms with Crippen molar-refractivity contribution in [2.24, 2.45) is 11.3 Å². The van der Waals surface area contributed by atoms with Crippen LogP contribution in [0.3, 0.4) is 0 Å². The standard InChI is InChI=1S/C13H22.CH2O/c1-4-5-9-13(12(2)3)10-7-6-8-11-13;1-2/h6-8,10,12H,4-5,9,11H2,1-3H3;1H2. The van der Waals surface area contributed by atoms with Gasteiger partial charge in [0.05, 0.1) is 0 Å². The molecule has 0 aliphatic heterocycles. The van der Waals surface area contributed by atoms with E-state index in [0.29, 0.717) is 5.41 Å². The molecule has 0 fully saturated rings. The molecule has 1 aliphatic rings. The van der Waals surface area contributed by atoms with Crippen molar-refractivity contribution in [2.75, 3.05) is 0 Å². The number of carbonyl (C=O) groups is 1. The zero-order valence-corrected chi connectivity index (χ0v) is 10.3. The summed E-state index contributed by atoms with van der Waals surface area (Å²) < 4.78 is 0. The Morgan fingerprint density at radius 2 is 2.00 bits per heavy atom. The molecule has 0 aromatic heterocycles. The molecule has 1 aliphatic carbocycles. The maximum atomic E-state index is 8.00. The van der Waals surface area contributed by atoms with Gasteiger partial charge in [-0.1, -0.05) is 57.9 Å². The van der Waals surface area contributed by atoms with E-state index in [2.05, 4.69) is 45.1 Å². The van der Waals surface area contributed by atoms with Crippen LogP contribution in [0.5, 0.6) is 0 Å². The van der Waals surface area contributed by atoms with Crippen molar-refractivity contribution < 1.29 is 4.79 Å². The van der Waals surface area contributed by atoms with Gasteiger partial charge in [-0.25, -0.2) is 0 Å². The van der Waals surface area contributed by atoms with Gasteiger partial charge in [-0.05, 0) is 24.2 Å². The summed E-state index contributed by atoms with van der Waals surface area (Å²) in [6.07, 6.45) is 14.4. The Bertz CT molecular complexity index is 215. The fraction of sp³-hybridized carbons (Fsp3) is 0.643. The van der Waals surface area contributed by atoms with Crippen molar-refractivity contribution in [1.29, 1.82) is 0 Å². The van der Waals surface area contributed by atoms with Crippen molar-refractivity contribution in [3.8, 4) is 0 Å². The molecule has 86 valence electrons. The van der Waals surface area contributed by atoms with Crippen molar-refractivity contribution >= 4 is 6.79 Å². The van der Waals surface area contributed by atoms with Crippen molar-refractivity contribution in [3.05, 3.63) is 24.3 Å². The van der Waals surface area contributed by atoms with Gasteiger partial charge >= 0.3 is 0 Å². The number of allylic oxidation sites excluding steroid dienone is 4. The second-order valence-corrected chi connectivity index (χ2v) is 4.48. The second-order valence-electron chi connectivity index (χ2n) is 4.48. The van der Waals surface area contributed by atoms with Gasteiger partial charge in [-0.15, -0.1) is 0 Å². The first kappa shape index (κ1) is 14.2. The van der Waals surface area contributed by atoms with Gasteiger partial charge in [0.1, 0.15) is 6.79 Å². The lowest BCUT2D eigenvalue weighted by molar-refractivity contribution is -0.0979. The fourth-order valence-electron chi connectivity index (χ4n) is 2.09. The molecule has 0 aromatic carbocycles. The van der Waals surface area contributed by atoms with Crippen LogP contribution >= 0.6 is 0 Å². The Morgan fingerprint density at radius 1 is 1.33 bits per heavy atom. The average molecular weight is 208 g/mol. The van der Waals surface area contributed by atoms with Crippen LogP contribution in [0, 0.1) is 11.3 Å². The van der Waals surface area contributed by atoms with Crippen molar-refractivity contribution in [1.82, 2.24) is 0 Å². The predicted molar refractivity (Wildman–Crippen MR) is 66.8 cm³/mol. The molecule has 1 atom stereocenters. The Hall–Kier alpha value is -0.850. The quantitative estimate of drug-likeness (QED) is 0.678. The monoisotopic (exact) mass is 208 g/mol. The summed E-state index contributed by atoms with van der Waals surface area (Å²) in [4.78, 5) is 8.00. The van der Waals surface area contributed by atoms with Gasteiger partial charge in [0.2, 0.25) is 0 Å². The molecule has 0 radical (unpaired) electrons. The van der Waals surface area contributed by atoms with Gasteiger partial charge in [0, 0.05) is 0 Å². The topological polar surface area (TPSA) is 17.1 Å². The number of carbonyl (C=O) groups excluding carboxylic acids is 1. The van der Waals surface area contributed by atoms with Crippen LogP contribution in [-0.4, -0.2) is 6.79 Å². The normalized spacial score (nSPS) is 23.7. The number of hydrogen-bond acceptors (Lipinski definition) is 1. The average Bonchev–Trinajstić information content (AvgIpc) is 2.30. The van der Waals surface area contributed by atoms with Crippen molar-refractivity contribution in [2.45, 2.75) is 46.5 Å². The van der Waals surface area contributed by atoms with Crippen LogP contribution in [0.25, 0.3) is 0 Å². The van der Waals surface area contributed by atoms with E-state index < -0.39 is 0 Å². The zero-order chi connectivity index (χ0) is 11.7. The van der Waals surface area contributed by atoms with Gasteiger partial charge in [-0.3, -0.25) is 0 Å². The third kappa shape index (κ3) is 4.03. The molecule has 0 spiro atoms. The molecule has 1 heteroatoms. The van der Waals surface area contributed by atoms with E-state index >= 15 is 0 Å². The smallest absolute Gasteiger partial charge is 0.106 e. The summed E-state index contributed by atoms with van der Waals surface area (Å²) in [5.41, 5.74) is 0.463. The Kier molecular flexibility index (Phi) is 7.02. The van der Waals surface area contributed by atoms with Crippen LogP contribution < -0.4 is 0 Å². The summed E-state index contributed by atoms with van der Waals surface area (Å²) in [5, 5.41) is 0. The first-order valence-corrected chi connectivity index (χ1v) is 5.84. The molecular weight excluding hydrogens is 184 g/mol. The zero-order valence-electron chi connectivity index (χ0n) is 10.3. The largest absolute Gasteiger partial charge is 0.307 e. The van der Waals surface area contributed by atoms with Gasteiger partial charge in [0.25, 0.3) is 0 Å². The molecule has 0 saturated carbocycles. The summed E-state index contributed by atoms with van der Waals surface area (Å²) in [6.45, 7) is 8.97. The Balaban J connectivity index is 0.000000921. The number of hydrogen-bond donors (Lipinski definition) is 0. The van der Waals surface area contributed by atoms with Crippen LogP contribution in [0.4, 0.5) is 0 Å². The minimum atomic E-state index is 0.463. The third-order valence-corrected chi connectivity index (χ3v) is 3.32. The molecule has 1 nitrogen and oxygen atoms in total. The van der Waals surface area contributed by atoms with Gasteiger partial charge in [-0.2, -0.15) is 0 Å². The molecule has 15 heavy (non-hydrogen) atoms. The van der Waals surface area contributed by atoms with E-state index in [-0.39, 0.29) is 0 Å². The number of unbranched alkanes of at least 4 members (excludes halogenated alkanes) is 1. The van der Waals surface area contributed by atoms with E-state index in [1.165, 1.54) is 25.7 Å². The highest BCUT2D eigenvalue weighted by Crippen LogP contribution is 2.40. The Labute approximate surface area is 94.3 Å². The minimum Gasteiger partial charge on any atom is -0.307 e. The fourth-order valence-corrected chi connectivity index (χ4v) is 2.09. The van der Waals surface area contributed by atoms with Crippen LogP contribution in [0.2, 0.25) is 0 Å². The van der Waals surface area contributed by atoms with E-state index in [1.807, 2.05) is 6.79 Å². The molecule has 0 N–H and O–H groups in total. The first-order valence-electron chi connectivity index (χ1n) is 5.84. The predicted octanol–water partition coefficient (Wildman–Crippen LogP) is 4.15.